The Morgan fingerprint density at radius 3 is 2.58 bits per heavy atom. The summed E-state index contributed by atoms with van der Waals surface area (Å²) in [6, 6.07) is 1.93. The van der Waals surface area contributed by atoms with Crippen molar-refractivity contribution in [2.75, 3.05) is 19.8 Å². The van der Waals surface area contributed by atoms with Crippen molar-refractivity contribution in [3.8, 4) is 0 Å². The van der Waals surface area contributed by atoms with Crippen LogP contribution in [0.15, 0.2) is 12.3 Å². The van der Waals surface area contributed by atoms with Crippen molar-refractivity contribution in [2.24, 2.45) is 11.8 Å². The Balaban J connectivity index is 0.000000180. The van der Waals surface area contributed by atoms with Crippen LogP contribution in [0.4, 0.5) is 0 Å². The molecule has 1 aliphatic heterocycles. The minimum absolute atomic E-state index is 0.267. The minimum atomic E-state index is -0.359. The third-order valence-corrected chi connectivity index (χ3v) is 3.35. The highest BCUT2D eigenvalue weighted by molar-refractivity contribution is 5.86. The molecular weight excluding hydrogens is 244 g/mol. The number of esters is 1. The summed E-state index contributed by atoms with van der Waals surface area (Å²) in [5.74, 6) is 1.62. The molecule has 0 amide bonds. The van der Waals surface area contributed by atoms with Gasteiger partial charge >= 0.3 is 5.97 Å². The highest BCUT2D eigenvalue weighted by Crippen LogP contribution is 2.43. The third kappa shape index (κ3) is 3.80. The van der Waals surface area contributed by atoms with E-state index in [0.717, 1.165) is 25.0 Å². The summed E-state index contributed by atoms with van der Waals surface area (Å²) in [4.78, 5) is 11.2. The van der Waals surface area contributed by atoms with Crippen LogP contribution in [0.3, 0.4) is 0 Å². The summed E-state index contributed by atoms with van der Waals surface area (Å²) in [6.45, 7) is 8.28. The minimum Gasteiger partial charge on any atom is -0.461 e. The fraction of sp³-hybridized carbons (Fsp3) is 0.714. The Morgan fingerprint density at radius 2 is 2.21 bits per heavy atom. The van der Waals surface area contributed by atoms with Crippen LogP contribution >= 0.6 is 0 Å². The van der Waals surface area contributed by atoms with Gasteiger partial charge in [-0.3, -0.25) is 4.68 Å². The summed E-state index contributed by atoms with van der Waals surface area (Å²) in [7, 11) is 0. The molecule has 1 saturated heterocycles. The standard InChI is InChI=1S/C9H14N2O2.C5H8O/c1-4-13-9(12)8-5-6-11(10-8)7(2)3;1-4-2-6-3-5(1)4/h5-7H,4H2,1-3H3;4-5H,1-3H2. The van der Waals surface area contributed by atoms with E-state index in [9.17, 15) is 4.79 Å². The number of rotatable bonds is 3. The maximum absolute atomic E-state index is 11.2. The normalized spacial score (nSPS) is 23.6. The molecule has 3 rings (SSSR count). The molecule has 19 heavy (non-hydrogen) atoms. The molecule has 0 bridgehead atoms. The van der Waals surface area contributed by atoms with Gasteiger partial charge in [-0.2, -0.15) is 5.10 Å². The van der Waals surface area contributed by atoms with Crippen molar-refractivity contribution in [3.63, 3.8) is 0 Å². The second-order valence-corrected chi connectivity index (χ2v) is 5.29. The first-order chi connectivity index (χ1) is 9.11. The second-order valence-electron chi connectivity index (χ2n) is 5.29. The lowest BCUT2D eigenvalue weighted by Gasteiger charge is -2.03. The highest BCUT2D eigenvalue weighted by atomic mass is 16.5. The summed E-state index contributed by atoms with van der Waals surface area (Å²) in [5.41, 5.74) is 0.371. The molecule has 106 valence electrons. The molecule has 5 nitrogen and oxygen atoms in total. The molecule has 1 aromatic rings. The van der Waals surface area contributed by atoms with Crippen molar-refractivity contribution in [2.45, 2.75) is 33.2 Å². The van der Waals surface area contributed by atoms with Gasteiger partial charge in [0, 0.05) is 25.5 Å². The average Bonchev–Trinajstić information content (AvgIpc) is 2.85. The molecule has 0 radical (unpaired) electrons. The number of nitrogens with zero attached hydrogens (tertiary/aromatic N) is 2. The van der Waals surface area contributed by atoms with E-state index in [4.69, 9.17) is 9.47 Å². The van der Waals surface area contributed by atoms with E-state index in [1.807, 2.05) is 13.8 Å². The first-order valence-corrected chi connectivity index (χ1v) is 6.91. The van der Waals surface area contributed by atoms with Gasteiger partial charge in [-0.15, -0.1) is 0 Å². The van der Waals surface area contributed by atoms with E-state index in [1.54, 1.807) is 23.9 Å². The molecule has 1 aromatic heterocycles. The van der Waals surface area contributed by atoms with Gasteiger partial charge in [-0.25, -0.2) is 4.79 Å². The Labute approximate surface area is 113 Å². The van der Waals surface area contributed by atoms with Gasteiger partial charge in [0.2, 0.25) is 0 Å². The van der Waals surface area contributed by atoms with Gasteiger partial charge in [0.05, 0.1) is 6.61 Å². The smallest absolute Gasteiger partial charge is 0.358 e. The molecule has 2 fully saturated rings. The molecular formula is C14H22N2O3. The molecule has 0 N–H and O–H groups in total. The van der Waals surface area contributed by atoms with E-state index in [2.05, 4.69) is 5.10 Å². The average molecular weight is 266 g/mol. The molecule has 0 aromatic carbocycles. The van der Waals surface area contributed by atoms with Gasteiger partial charge in [0.25, 0.3) is 0 Å². The topological polar surface area (TPSA) is 53.4 Å². The molecule has 2 heterocycles. The van der Waals surface area contributed by atoms with Crippen LogP contribution in [-0.4, -0.2) is 35.6 Å². The van der Waals surface area contributed by atoms with Crippen molar-refractivity contribution in [3.05, 3.63) is 18.0 Å². The van der Waals surface area contributed by atoms with E-state index in [0.29, 0.717) is 12.3 Å². The lowest BCUT2D eigenvalue weighted by atomic mass is 10.4. The van der Waals surface area contributed by atoms with Crippen molar-refractivity contribution >= 4 is 5.97 Å². The van der Waals surface area contributed by atoms with Crippen LogP contribution < -0.4 is 0 Å². The van der Waals surface area contributed by atoms with E-state index < -0.39 is 0 Å². The van der Waals surface area contributed by atoms with Crippen LogP contribution in [-0.2, 0) is 9.47 Å². The molecule has 5 heteroatoms. The maximum atomic E-state index is 11.2. The predicted octanol–water partition coefficient (Wildman–Crippen LogP) is 2.29. The number of fused-ring (bicyclic) bond motifs is 1. The molecule has 2 atom stereocenters. The molecule has 0 spiro atoms. The van der Waals surface area contributed by atoms with E-state index >= 15 is 0 Å². The Kier molecular flexibility index (Phi) is 4.58. The van der Waals surface area contributed by atoms with Crippen molar-refractivity contribution in [1.29, 1.82) is 0 Å². The quantitative estimate of drug-likeness (QED) is 0.788. The van der Waals surface area contributed by atoms with Crippen LogP contribution in [0.2, 0.25) is 0 Å². The molecule has 2 aliphatic rings. The lowest BCUT2D eigenvalue weighted by molar-refractivity contribution is 0.0518. The summed E-state index contributed by atoms with van der Waals surface area (Å²) in [5, 5.41) is 4.07. The fourth-order valence-electron chi connectivity index (χ4n) is 2.03. The van der Waals surface area contributed by atoms with Crippen molar-refractivity contribution in [1.82, 2.24) is 9.78 Å². The number of hydrogen-bond acceptors (Lipinski definition) is 4. The van der Waals surface area contributed by atoms with E-state index in [1.165, 1.54) is 6.42 Å². The zero-order valence-corrected chi connectivity index (χ0v) is 11.8. The first-order valence-electron chi connectivity index (χ1n) is 6.91. The lowest BCUT2D eigenvalue weighted by Crippen LogP contribution is -2.08. The number of carbonyl (C=O) groups is 1. The molecule has 1 aliphatic carbocycles. The zero-order valence-electron chi connectivity index (χ0n) is 11.8. The first kappa shape index (κ1) is 14.1. The molecule has 2 unspecified atom stereocenters. The number of aromatic nitrogens is 2. The fourth-order valence-corrected chi connectivity index (χ4v) is 2.03. The molecule has 1 saturated carbocycles. The SMILES string of the molecule is C1OCC2CC12.CCOC(=O)c1ccn(C(C)C)n1. The number of hydrogen-bond donors (Lipinski definition) is 0. The number of carbonyl (C=O) groups excluding carboxylic acids is 1. The van der Waals surface area contributed by atoms with Gasteiger partial charge in [-0.05, 0) is 45.1 Å². The Morgan fingerprint density at radius 1 is 1.53 bits per heavy atom. The summed E-state index contributed by atoms with van der Waals surface area (Å²) >= 11 is 0. The Bertz CT molecular complexity index is 420. The largest absolute Gasteiger partial charge is 0.461 e. The van der Waals surface area contributed by atoms with Crippen molar-refractivity contribution < 1.29 is 14.3 Å². The maximum Gasteiger partial charge on any atom is 0.358 e. The van der Waals surface area contributed by atoms with Crippen LogP contribution in [0.5, 0.6) is 0 Å². The summed E-state index contributed by atoms with van der Waals surface area (Å²) in [6.07, 6.45) is 3.23. The highest BCUT2D eigenvalue weighted by Gasteiger charge is 2.41. The Hall–Kier alpha value is -1.36. The summed E-state index contributed by atoms with van der Waals surface area (Å²) < 4.78 is 11.6. The van der Waals surface area contributed by atoms with Crippen LogP contribution in [0.25, 0.3) is 0 Å². The third-order valence-electron chi connectivity index (χ3n) is 3.35. The predicted molar refractivity (Wildman–Crippen MR) is 71.0 cm³/mol. The van der Waals surface area contributed by atoms with Crippen LogP contribution in [0, 0.1) is 11.8 Å². The van der Waals surface area contributed by atoms with Gasteiger partial charge in [0.1, 0.15) is 0 Å². The van der Waals surface area contributed by atoms with Crippen LogP contribution in [0.1, 0.15) is 43.7 Å². The van der Waals surface area contributed by atoms with Gasteiger partial charge < -0.3 is 9.47 Å². The van der Waals surface area contributed by atoms with Gasteiger partial charge in [0.15, 0.2) is 5.69 Å². The number of ether oxygens (including phenoxy) is 2. The van der Waals surface area contributed by atoms with Gasteiger partial charge in [-0.1, -0.05) is 0 Å². The second kappa shape index (κ2) is 6.19. The monoisotopic (exact) mass is 266 g/mol. The van der Waals surface area contributed by atoms with E-state index in [-0.39, 0.29) is 12.0 Å². The zero-order chi connectivity index (χ0) is 13.8.